The second-order valence-corrected chi connectivity index (χ2v) is 9.91. The number of carbonyl (C=O) groups excluding carboxylic acids is 1. The van der Waals surface area contributed by atoms with Crippen molar-refractivity contribution in [3.63, 3.8) is 0 Å². The van der Waals surface area contributed by atoms with Crippen LogP contribution >= 0.6 is 0 Å². The quantitative estimate of drug-likeness (QED) is 0.253. The largest absolute Gasteiger partial charge is 0.379 e. The minimum absolute atomic E-state index is 0.147. The van der Waals surface area contributed by atoms with Crippen molar-refractivity contribution in [2.24, 2.45) is 0 Å². The van der Waals surface area contributed by atoms with E-state index in [0.717, 1.165) is 71.9 Å². The molecule has 2 heterocycles. The molecule has 0 atom stereocenters. The van der Waals surface area contributed by atoms with Crippen molar-refractivity contribution in [2.45, 2.75) is 13.5 Å². The molecule has 1 fully saturated rings. The van der Waals surface area contributed by atoms with Crippen molar-refractivity contribution >= 4 is 34.1 Å². The number of fused-ring (bicyclic) bond motifs is 1. The van der Waals surface area contributed by atoms with Gasteiger partial charge in [-0.05, 0) is 54.4 Å². The Morgan fingerprint density at radius 2 is 1.60 bits per heavy atom. The molecule has 7 heteroatoms. The van der Waals surface area contributed by atoms with Gasteiger partial charge in [0.05, 0.1) is 24.4 Å². The maximum atomic E-state index is 13.1. The minimum Gasteiger partial charge on any atom is -0.379 e. The molecule has 4 aromatic carbocycles. The summed E-state index contributed by atoms with van der Waals surface area (Å²) in [5.41, 5.74) is 7.27. The van der Waals surface area contributed by atoms with Gasteiger partial charge in [0.2, 0.25) is 5.95 Å². The lowest BCUT2D eigenvalue weighted by Crippen LogP contribution is -2.35. The van der Waals surface area contributed by atoms with Gasteiger partial charge < -0.3 is 15.4 Å². The topological polar surface area (TPSA) is 79.4 Å². The normalized spacial score (nSPS) is 13.7. The number of para-hydroxylation sites is 1. The fourth-order valence-corrected chi connectivity index (χ4v) is 4.97. The molecule has 2 N–H and O–H groups in total. The molecular weight excluding hydrogens is 498 g/mol. The molecule has 6 rings (SSSR count). The number of carbonyl (C=O) groups is 1. The monoisotopic (exact) mass is 529 g/mol. The van der Waals surface area contributed by atoms with E-state index in [-0.39, 0.29) is 5.91 Å². The van der Waals surface area contributed by atoms with Crippen LogP contribution in [0.1, 0.15) is 21.5 Å². The van der Waals surface area contributed by atoms with Crippen LogP contribution in [0.25, 0.3) is 22.2 Å². The highest BCUT2D eigenvalue weighted by molar-refractivity contribution is 6.05. The van der Waals surface area contributed by atoms with Crippen molar-refractivity contribution in [3.8, 4) is 11.3 Å². The smallest absolute Gasteiger partial charge is 0.255 e. The van der Waals surface area contributed by atoms with Gasteiger partial charge in [0.25, 0.3) is 5.91 Å². The van der Waals surface area contributed by atoms with Crippen LogP contribution in [0.2, 0.25) is 0 Å². The summed E-state index contributed by atoms with van der Waals surface area (Å²) < 4.78 is 5.47. The van der Waals surface area contributed by atoms with E-state index in [1.165, 1.54) is 5.56 Å². The average Bonchev–Trinajstić information content (AvgIpc) is 3.00. The van der Waals surface area contributed by atoms with E-state index in [0.29, 0.717) is 11.5 Å². The fourth-order valence-electron chi connectivity index (χ4n) is 4.97. The van der Waals surface area contributed by atoms with Crippen molar-refractivity contribution in [1.29, 1.82) is 0 Å². The first kappa shape index (κ1) is 25.7. The van der Waals surface area contributed by atoms with Gasteiger partial charge in [-0.25, -0.2) is 9.97 Å². The Labute approximate surface area is 233 Å². The number of nitrogens with one attached hydrogen (secondary N) is 2. The molecule has 40 heavy (non-hydrogen) atoms. The Kier molecular flexibility index (Phi) is 7.48. The third kappa shape index (κ3) is 5.71. The highest BCUT2D eigenvalue weighted by Crippen LogP contribution is 2.28. The summed E-state index contributed by atoms with van der Waals surface area (Å²) in [6.45, 7) is 6.29. The summed E-state index contributed by atoms with van der Waals surface area (Å²) in [6, 6.07) is 31.5. The van der Waals surface area contributed by atoms with Gasteiger partial charge in [-0.1, -0.05) is 60.7 Å². The van der Waals surface area contributed by atoms with Crippen LogP contribution < -0.4 is 10.6 Å². The lowest BCUT2D eigenvalue weighted by atomic mass is 10.1. The minimum atomic E-state index is -0.147. The summed E-state index contributed by atoms with van der Waals surface area (Å²) >= 11 is 0. The van der Waals surface area contributed by atoms with Crippen molar-refractivity contribution in [1.82, 2.24) is 14.9 Å². The van der Waals surface area contributed by atoms with Crippen LogP contribution in [0.3, 0.4) is 0 Å². The Balaban J connectivity index is 1.17. The molecule has 1 aromatic heterocycles. The summed E-state index contributed by atoms with van der Waals surface area (Å²) in [6.07, 6.45) is 0. The van der Waals surface area contributed by atoms with Crippen LogP contribution in [0.4, 0.5) is 17.3 Å². The van der Waals surface area contributed by atoms with Gasteiger partial charge >= 0.3 is 0 Å². The van der Waals surface area contributed by atoms with Gasteiger partial charge in [-0.2, -0.15) is 0 Å². The highest BCUT2D eigenvalue weighted by Gasteiger charge is 2.15. The maximum Gasteiger partial charge on any atom is 0.255 e. The lowest BCUT2D eigenvalue weighted by molar-refractivity contribution is 0.0341. The summed E-state index contributed by atoms with van der Waals surface area (Å²) in [4.78, 5) is 25.0. The molecule has 7 nitrogen and oxygen atoms in total. The molecule has 0 bridgehead atoms. The zero-order valence-electron chi connectivity index (χ0n) is 22.4. The molecule has 0 radical (unpaired) electrons. The van der Waals surface area contributed by atoms with Gasteiger partial charge in [-0.15, -0.1) is 0 Å². The maximum absolute atomic E-state index is 13.1. The van der Waals surface area contributed by atoms with E-state index in [1.807, 2.05) is 91.0 Å². The Bertz CT molecular complexity index is 1630. The third-order valence-electron chi connectivity index (χ3n) is 7.25. The van der Waals surface area contributed by atoms with Crippen molar-refractivity contribution < 1.29 is 9.53 Å². The van der Waals surface area contributed by atoms with Crippen LogP contribution in [-0.4, -0.2) is 47.1 Å². The van der Waals surface area contributed by atoms with E-state index < -0.39 is 0 Å². The lowest BCUT2D eigenvalue weighted by Gasteiger charge is -2.27. The number of amides is 1. The number of morpholine rings is 1. The molecule has 1 amide bonds. The van der Waals surface area contributed by atoms with Crippen molar-refractivity contribution in [3.05, 3.63) is 114 Å². The molecule has 1 aliphatic rings. The van der Waals surface area contributed by atoms with E-state index in [1.54, 1.807) is 0 Å². The van der Waals surface area contributed by atoms with E-state index in [2.05, 4.69) is 28.5 Å². The Morgan fingerprint density at radius 3 is 2.40 bits per heavy atom. The van der Waals surface area contributed by atoms with Crippen LogP contribution in [-0.2, 0) is 11.3 Å². The van der Waals surface area contributed by atoms with Gasteiger partial charge in [0.15, 0.2) is 0 Å². The third-order valence-corrected chi connectivity index (χ3v) is 7.25. The first-order valence-corrected chi connectivity index (χ1v) is 13.5. The number of nitrogens with zero attached hydrogens (tertiary/aromatic N) is 3. The van der Waals surface area contributed by atoms with Crippen molar-refractivity contribution in [2.75, 3.05) is 36.9 Å². The summed E-state index contributed by atoms with van der Waals surface area (Å²) in [5, 5.41) is 7.40. The number of ether oxygens (including phenoxy) is 1. The van der Waals surface area contributed by atoms with E-state index in [4.69, 9.17) is 14.7 Å². The standard InChI is InChI=1S/C33H31N5O2/c1-23-26(22-38-18-20-40-21-19-38)10-7-13-29(23)35-32(39)25-14-16-27(17-15-25)34-33-36-30-12-6-5-11-28(30)31(37-33)24-8-3-2-4-9-24/h2-17H,18-22H2,1H3,(H,35,39)(H,34,36,37). The molecule has 0 spiro atoms. The molecule has 0 saturated carbocycles. The van der Waals surface area contributed by atoms with Crippen LogP contribution in [0.15, 0.2) is 97.1 Å². The number of rotatable bonds is 7. The fraction of sp³-hybridized carbons (Fsp3) is 0.182. The Morgan fingerprint density at radius 1 is 0.850 bits per heavy atom. The first-order chi connectivity index (χ1) is 19.6. The molecule has 1 saturated heterocycles. The van der Waals surface area contributed by atoms with Crippen LogP contribution in [0, 0.1) is 6.92 Å². The Hall–Kier alpha value is -4.59. The van der Waals surface area contributed by atoms with Crippen LogP contribution in [0.5, 0.6) is 0 Å². The number of anilines is 3. The zero-order chi connectivity index (χ0) is 27.3. The SMILES string of the molecule is Cc1c(CN2CCOCC2)cccc1NC(=O)c1ccc(Nc2nc(-c3ccccc3)c3ccccc3n2)cc1. The molecular formula is C33H31N5O2. The van der Waals surface area contributed by atoms with E-state index in [9.17, 15) is 4.79 Å². The average molecular weight is 530 g/mol. The number of hydrogen-bond donors (Lipinski definition) is 2. The molecule has 0 unspecified atom stereocenters. The second kappa shape index (κ2) is 11.7. The zero-order valence-corrected chi connectivity index (χ0v) is 22.4. The number of benzene rings is 4. The number of hydrogen-bond acceptors (Lipinski definition) is 6. The van der Waals surface area contributed by atoms with E-state index >= 15 is 0 Å². The molecule has 200 valence electrons. The van der Waals surface area contributed by atoms with Gasteiger partial charge in [0, 0.05) is 47.5 Å². The molecule has 1 aliphatic heterocycles. The second-order valence-electron chi connectivity index (χ2n) is 9.91. The number of aromatic nitrogens is 2. The molecule has 0 aliphatic carbocycles. The van der Waals surface area contributed by atoms with Gasteiger partial charge in [0.1, 0.15) is 0 Å². The van der Waals surface area contributed by atoms with Gasteiger partial charge in [-0.3, -0.25) is 9.69 Å². The predicted octanol–water partition coefficient (Wildman–Crippen LogP) is 6.43. The molecule has 5 aromatic rings. The summed E-state index contributed by atoms with van der Waals surface area (Å²) in [5.74, 6) is 0.356. The predicted molar refractivity (Wildman–Crippen MR) is 160 cm³/mol. The highest BCUT2D eigenvalue weighted by atomic mass is 16.5. The first-order valence-electron chi connectivity index (χ1n) is 13.5. The summed E-state index contributed by atoms with van der Waals surface area (Å²) in [7, 11) is 0.